The Morgan fingerprint density at radius 2 is 2.21 bits per heavy atom. The third-order valence-corrected chi connectivity index (χ3v) is 5.59. The number of ether oxygens (including phenoxy) is 3. The lowest BCUT2D eigenvalue weighted by atomic mass is 9.94. The monoisotopic (exact) mass is 390 g/mol. The molecule has 28 heavy (non-hydrogen) atoms. The van der Waals surface area contributed by atoms with Crippen molar-refractivity contribution in [1.29, 1.82) is 0 Å². The molecule has 0 bridgehead atoms. The third-order valence-electron chi connectivity index (χ3n) is 5.59. The number of hydrogen-bond donors (Lipinski definition) is 1. The lowest BCUT2D eigenvalue weighted by Crippen LogP contribution is -2.46. The molecule has 2 aliphatic heterocycles. The summed E-state index contributed by atoms with van der Waals surface area (Å²) >= 11 is 0. The molecule has 1 fully saturated rings. The van der Waals surface area contributed by atoms with Gasteiger partial charge in [-0.2, -0.15) is 0 Å². The molecular formula is C22H34N2O4. The number of benzene rings is 1. The number of fused-ring (bicyclic) bond motifs is 1. The summed E-state index contributed by atoms with van der Waals surface area (Å²) in [5.74, 6) is 1.87. The normalized spacial score (nSPS) is 24.6. The van der Waals surface area contributed by atoms with Gasteiger partial charge in [0.05, 0.1) is 12.7 Å². The van der Waals surface area contributed by atoms with Crippen LogP contribution in [0.1, 0.15) is 52.0 Å². The van der Waals surface area contributed by atoms with Crippen LogP contribution in [0.15, 0.2) is 18.2 Å². The number of nitrogens with zero attached hydrogens (tertiary/aromatic N) is 1. The standard InChI is InChI=1S/C22H34N2O4/c1-5-18-15-24(14-16-12-19(26-4)6-7-20(16)28-18)10-8-21(25)23-17-9-11-27-22(2,3)13-17/h6-7,12,17-18H,5,8-11,13-15H2,1-4H3,(H,23,25). The summed E-state index contributed by atoms with van der Waals surface area (Å²) in [6, 6.07) is 6.16. The first kappa shape index (κ1) is 20.9. The van der Waals surface area contributed by atoms with Gasteiger partial charge in [0.1, 0.15) is 17.6 Å². The molecule has 6 heteroatoms. The molecule has 0 aliphatic carbocycles. The second-order valence-corrected chi connectivity index (χ2v) is 8.47. The Balaban J connectivity index is 1.57. The van der Waals surface area contributed by atoms with Gasteiger partial charge in [-0.15, -0.1) is 0 Å². The Kier molecular flexibility index (Phi) is 6.83. The van der Waals surface area contributed by atoms with Crippen LogP contribution in [0.4, 0.5) is 0 Å². The highest BCUT2D eigenvalue weighted by atomic mass is 16.5. The first-order valence-electron chi connectivity index (χ1n) is 10.4. The molecular weight excluding hydrogens is 356 g/mol. The van der Waals surface area contributed by atoms with E-state index in [0.717, 1.165) is 56.0 Å². The predicted molar refractivity (Wildman–Crippen MR) is 109 cm³/mol. The van der Waals surface area contributed by atoms with E-state index in [1.165, 1.54) is 0 Å². The van der Waals surface area contributed by atoms with Crippen molar-refractivity contribution in [3.63, 3.8) is 0 Å². The van der Waals surface area contributed by atoms with Gasteiger partial charge in [-0.05, 0) is 51.3 Å². The average molecular weight is 391 g/mol. The van der Waals surface area contributed by atoms with Gasteiger partial charge >= 0.3 is 0 Å². The third kappa shape index (κ3) is 5.61. The Morgan fingerprint density at radius 3 is 2.93 bits per heavy atom. The van der Waals surface area contributed by atoms with E-state index in [-0.39, 0.29) is 23.7 Å². The van der Waals surface area contributed by atoms with Crippen molar-refractivity contribution in [2.45, 2.75) is 70.7 Å². The van der Waals surface area contributed by atoms with Gasteiger partial charge in [0, 0.05) is 44.3 Å². The Labute approximate surface area is 168 Å². The Morgan fingerprint density at radius 1 is 1.39 bits per heavy atom. The zero-order chi connectivity index (χ0) is 20.1. The van der Waals surface area contributed by atoms with Crippen LogP contribution in [-0.2, 0) is 16.1 Å². The zero-order valence-electron chi connectivity index (χ0n) is 17.6. The van der Waals surface area contributed by atoms with Gasteiger partial charge in [0.15, 0.2) is 0 Å². The van der Waals surface area contributed by atoms with E-state index in [9.17, 15) is 4.79 Å². The minimum Gasteiger partial charge on any atom is -0.497 e. The predicted octanol–water partition coefficient (Wildman–Crippen LogP) is 3.13. The highest BCUT2D eigenvalue weighted by Gasteiger charge is 2.30. The molecule has 1 aromatic rings. The molecule has 0 saturated carbocycles. The van der Waals surface area contributed by atoms with Gasteiger partial charge in [0.2, 0.25) is 5.91 Å². The van der Waals surface area contributed by atoms with Gasteiger partial charge in [-0.1, -0.05) is 6.92 Å². The highest BCUT2D eigenvalue weighted by molar-refractivity contribution is 5.76. The number of methoxy groups -OCH3 is 1. The Hall–Kier alpha value is -1.79. The lowest BCUT2D eigenvalue weighted by Gasteiger charge is -2.36. The molecule has 2 atom stereocenters. The van der Waals surface area contributed by atoms with Crippen LogP contribution in [0.5, 0.6) is 11.5 Å². The second-order valence-electron chi connectivity index (χ2n) is 8.47. The molecule has 156 valence electrons. The molecule has 1 N–H and O–H groups in total. The highest BCUT2D eigenvalue weighted by Crippen LogP contribution is 2.29. The number of carbonyl (C=O) groups excluding carboxylic acids is 1. The Bertz CT molecular complexity index is 677. The topological polar surface area (TPSA) is 60.0 Å². The molecule has 0 radical (unpaired) electrons. The maximum Gasteiger partial charge on any atom is 0.221 e. The number of rotatable bonds is 6. The first-order chi connectivity index (χ1) is 13.4. The van der Waals surface area contributed by atoms with Crippen molar-refractivity contribution in [1.82, 2.24) is 10.2 Å². The summed E-state index contributed by atoms with van der Waals surface area (Å²) in [6.07, 6.45) is 3.31. The molecule has 0 spiro atoms. The SMILES string of the molecule is CCC1CN(CCC(=O)NC2CCOC(C)(C)C2)Cc2cc(OC)ccc2O1. The van der Waals surface area contributed by atoms with Gasteiger partial charge < -0.3 is 19.5 Å². The van der Waals surface area contributed by atoms with E-state index in [0.29, 0.717) is 13.0 Å². The van der Waals surface area contributed by atoms with Gasteiger partial charge in [-0.25, -0.2) is 0 Å². The van der Waals surface area contributed by atoms with E-state index in [1.54, 1.807) is 7.11 Å². The summed E-state index contributed by atoms with van der Waals surface area (Å²) in [7, 11) is 1.67. The molecule has 2 aliphatic rings. The van der Waals surface area contributed by atoms with Crippen LogP contribution < -0.4 is 14.8 Å². The lowest BCUT2D eigenvalue weighted by molar-refractivity contribution is -0.124. The van der Waals surface area contributed by atoms with Crippen LogP contribution in [-0.4, -0.2) is 55.4 Å². The van der Waals surface area contributed by atoms with Gasteiger partial charge in [-0.3, -0.25) is 9.69 Å². The largest absolute Gasteiger partial charge is 0.497 e. The smallest absolute Gasteiger partial charge is 0.221 e. The number of hydrogen-bond acceptors (Lipinski definition) is 5. The van der Waals surface area contributed by atoms with Crippen molar-refractivity contribution in [2.24, 2.45) is 0 Å². The summed E-state index contributed by atoms with van der Waals surface area (Å²) in [5.41, 5.74) is 0.956. The van der Waals surface area contributed by atoms with E-state index in [1.807, 2.05) is 18.2 Å². The van der Waals surface area contributed by atoms with Crippen molar-refractivity contribution >= 4 is 5.91 Å². The summed E-state index contributed by atoms with van der Waals surface area (Å²) < 4.78 is 17.3. The molecule has 1 saturated heterocycles. The van der Waals surface area contributed by atoms with E-state index in [2.05, 4.69) is 31.0 Å². The molecule has 0 aromatic heterocycles. The van der Waals surface area contributed by atoms with Crippen LogP contribution in [0.2, 0.25) is 0 Å². The summed E-state index contributed by atoms with van der Waals surface area (Å²) in [6.45, 7) is 9.31. The number of amides is 1. The molecule has 1 amide bonds. The van der Waals surface area contributed by atoms with E-state index >= 15 is 0 Å². The fourth-order valence-electron chi connectivity index (χ4n) is 4.03. The van der Waals surface area contributed by atoms with Crippen LogP contribution in [0.25, 0.3) is 0 Å². The quantitative estimate of drug-likeness (QED) is 0.809. The van der Waals surface area contributed by atoms with Crippen molar-refractivity contribution in [3.8, 4) is 11.5 Å². The fraction of sp³-hybridized carbons (Fsp3) is 0.682. The average Bonchev–Trinajstić information content (AvgIpc) is 2.83. The van der Waals surface area contributed by atoms with Gasteiger partial charge in [0.25, 0.3) is 0 Å². The number of nitrogens with one attached hydrogen (secondary N) is 1. The van der Waals surface area contributed by atoms with E-state index in [4.69, 9.17) is 14.2 Å². The molecule has 6 nitrogen and oxygen atoms in total. The molecule has 3 rings (SSSR count). The first-order valence-corrected chi connectivity index (χ1v) is 10.4. The van der Waals surface area contributed by atoms with Crippen molar-refractivity contribution < 1.29 is 19.0 Å². The summed E-state index contributed by atoms with van der Waals surface area (Å²) in [4.78, 5) is 14.8. The fourth-order valence-corrected chi connectivity index (χ4v) is 4.03. The molecule has 2 heterocycles. The zero-order valence-corrected chi connectivity index (χ0v) is 17.6. The van der Waals surface area contributed by atoms with E-state index < -0.39 is 0 Å². The second kappa shape index (κ2) is 9.14. The minimum atomic E-state index is -0.157. The maximum atomic E-state index is 12.5. The van der Waals surface area contributed by atoms with Crippen LogP contribution in [0.3, 0.4) is 0 Å². The van der Waals surface area contributed by atoms with Crippen LogP contribution in [0, 0.1) is 0 Å². The summed E-state index contributed by atoms with van der Waals surface area (Å²) in [5, 5.41) is 3.20. The van der Waals surface area contributed by atoms with Crippen molar-refractivity contribution in [2.75, 3.05) is 26.8 Å². The minimum absolute atomic E-state index is 0.117. The molecule has 2 unspecified atom stereocenters. The maximum absolute atomic E-state index is 12.5. The van der Waals surface area contributed by atoms with Crippen LogP contribution >= 0.6 is 0 Å². The molecule has 1 aromatic carbocycles. The number of carbonyl (C=O) groups is 1. The van der Waals surface area contributed by atoms with Crippen molar-refractivity contribution in [3.05, 3.63) is 23.8 Å².